The van der Waals surface area contributed by atoms with E-state index in [0.29, 0.717) is 0 Å². The van der Waals surface area contributed by atoms with E-state index in [0.717, 1.165) is 11.1 Å². The zero-order chi connectivity index (χ0) is 23.6. The van der Waals surface area contributed by atoms with E-state index in [2.05, 4.69) is 130 Å². The van der Waals surface area contributed by atoms with Gasteiger partial charge < -0.3 is 9.13 Å². The molecule has 0 bridgehead atoms. The van der Waals surface area contributed by atoms with Crippen LogP contribution in [0, 0.1) is 0 Å². The number of benzene rings is 5. The monoisotopic (exact) mass is 459 g/mol. The molecule has 3 nitrogen and oxygen atoms in total. The lowest BCUT2D eigenvalue weighted by atomic mass is 10.0. The minimum atomic E-state index is 1.11. The van der Waals surface area contributed by atoms with E-state index in [9.17, 15) is 0 Å². The van der Waals surface area contributed by atoms with Crippen molar-refractivity contribution < 1.29 is 0 Å². The molecule has 0 saturated carbocycles. The SMILES string of the molecule is c1ccc(-n2ccc3c4ccc5c(c4ccc32)c2ccccc2n5-c2cncc3ccccc23)cc1. The molecule has 0 radical (unpaired) electrons. The molecule has 0 spiro atoms. The summed E-state index contributed by atoms with van der Waals surface area (Å²) in [6, 6.07) is 39.1. The first-order chi connectivity index (χ1) is 17.9. The van der Waals surface area contributed by atoms with E-state index in [1.54, 1.807) is 0 Å². The first-order valence-corrected chi connectivity index (χ1v) is 12.2. The maximum absolute atomic E-state index is 4.59. The van der Waals surface area contributed by atoms with Crippen LogP contribution in [0.2, 0.25) is 0 Å². The fraction of sp³-hybridized carbons (Fsp3) is 0. The minimum Gasteiger partial charge on any atom is -0.317 e. The number of fused-ring (bicyclic) bond motifs is 8. The molecule has 0 atom stereocenters. The Labute approximate surface area is 207 Å². The maximum atomic E-state index is 4.59. The number of pyridine rings is 1. The summed E-state index contributed by atoms with van der Waals surface area (Å²) in [5.41, 5.74) is 5.89. The zero-order valence-electron chi connectivity index (χ0n) is 19.5. The molecule has 3 heterocycles. The topological polar surface area (TPSA) is 22.8 Å². The van der Waals surface area contributed by atoms with Gasteiger partial charge in [-0.25, -0.2) is 0 Å². The summed E-state index contributed by atoms with van der Waals surface area (Å²) in [5, 5.41) is 8.69. The molecule has 0 aliphatic heterocycles. The molecule has 36 heavy (non-hydrogen) atoms. The van der Waals surface area contributed by atoms with Crippen LogP contribution >= 0.6 is 0 Å². The predicted octanol–water partition coefficient (Wildman–Crippen LogP) is 8.43. The smallest absolute Gasteiger partial charge is 0.0723 e. The molecular formula is C33H21N3. The Morgan fingerprint density at radius 3 is 2.14 bits per heavy atom. The fourth-order valence-electron chi connectivity index (χ4n) is 5.85. The highest BCUT2D eigenvalue weighted by Gasteiger charge is 2.17. The average Bonchev–Trinajstić information content (AvgIpc) is 3.53. The number of aromatic nitrogens is 3. The maximum Gasteiger partial charge on any atom is 0.0723 e. The van der Waals surface area contributed by atoms with E-state index in [1.165, 1.54) is 54.6 Å². The normalized spacial score (nSPS) is 11.9. The van der Waals surface area contributed by atoms with E-state index >= 15 is 0 Å². The van der Waals surface area contributed by atoms with Crippen LogP contribution in [0.25, 0.3) is 65.6 Å². The Morgan fingerprint density at radius 2 is 1.22 bits per heavy atom. The molecule has 5 aromatic carbocycles. The van der Waals surface area contributed by atoms with Crippen LogP contribution in [-0.4, -0.2) is 14.1 Å². The van der Waals surface area contributed by atoms with Gasteiger partial charge in [0.25, 0.3) is 0 Å². The number of nitrogens with zero attached hydrogens (tertiary/aromatic N) is 3. The van der Waals surface area contributed by atoms with Gasteiger partial charge >= 0.3 is 0 Å². The molecule has 8 aromatic rings. The lowest BCUT2D eigenvalue weighted by Gasteiger charge is -2.11. The molecular weight excluding hydrogens is 438 g/mol. The van der Waals surface area contributed by atoms with Gasteiger partial charge in [0.1, 0.15) is 0 Å². The van der Waals surface area contributed by atoms with E-state index in [1.807, 2.05) is 12.4 Å². The zero-order valence-corrected chi connectivity index (χ0v) is 19.5. The summed E-state index contributed by atoms with van der Waals surface area (Å²) in [7, 11) is 0. The van der Waals surface area contributed by atoms with Crippen LogP contribution in [0.3, 0.4) is 0 Å². The second-order valence-corrected chi connectivity index (χ2v) is 9.31. The van der Waals surface area contributed by atoms with Gasteiger partial charge in [0.15, 0.2) is 0 Å². The van der Waals surface area contributed by atoms with Crippen LogP contribution in [0.5, 0.6) is 0 Å². The van der Waals surface area contributed by atoms with Crippen molar-refractivity contribution in [3.05, 3.63) is 128 Å². The molecule has 0 unspecified atom stereocenters. The van der Waals surface area contributed by atoms with E-state index in [-0.39, 0.29) is 0 Å². The number of para-hydroxylation sites is 2. The molecule has 0 aliphatic carbocycles. The first kappa shape index (κ1) is 19.4. The van der Waals surface area contributed by atoms with Gasteiger partial charge in [-0.05, 0) is 47.2 Å². The van der Waals surface area contributed by atoms with Gasteiger partial charge in [-0.1, -0.05) is 72.8 Å². The van der Waals surface area contributed by atoms with Crippen molar-refractivity contribution in [2.24, 2.45) is 0 Å². The predicted molar refractivity (Wildman–Crippen MR) is 150 cm³/mol. The van der Waals surface area contributed by atoms with Crippen molar-refractivity contribution in [3.8, 4) is 11.4 Å². The summed E-state index contributed by atoms with van der Waals surface area (Å²) in [4.78, 5) is 4.59. The van der Waals surface area contributed by atoms with Gasteiger partial charge in [-0.2, -0.15) is 0 Å². The number of hydrogen-bond acceptors (Lipinski definition) is 1. The Kier molecular flexibility index (Phi) is 3.94. The quantitative estimate of drug-likeness (QED) is 0.254. The summed E-state index contributed by atoms with van der Waals surface area (Å²) in [6.45, 7) is 0. The van der Waals surface area contributed by atoms with Crippen molar-refractivity contribution in [2.75, 3.05) is 0 Å². The van der Waals surface area contributed by atoms with E-state index < -0.39 is 0 Å². The summed E-state index contributed by atoms with van der Waals surface area (Å²) >= 11 is 0. The van der Waals surface area contributed by atoms with Gasteiger partial charge in [-0.3, -0.25) is 4.98 Å². The number of hydrogen-bond donors (Lipinski definition) is 0. The van der Waals surface area contributed by atoms with Crippen molar-refractivity contribution >= 4 is 54.3 Å². The van der Waals surface area contributed by atoms with Gasteiger partial charge in [-0.15, -0.1) is 0 Å². The van der Waals surface area contributed by atoms with Crippen LogP contribution in [0.1, 0.15) is 0 Å². The highest BCUT2D eigenvalue weighted by atomic mass is 15.0. The van der Waals surface area contributed by atoms with E-state index in [4.69, 9.17) is 0 Å². The minimum absolute atomic E-state index is 1.11. The highest BCUT2D eigenvalue weighted by Crippen LogP contribution is 2.40. The Morgan fingerprint density at radius 1 is 0.472 bits per heavy atom. The fourth-order valence-corrected chi connectivity index (χ4v) is 5.85. The first-order valence-electron chi connectivity index (χ1n) is 12.2. The molecule has 0 amide bonds. The van der Waals surface area contributed by atoms with Gasteiger partial charge in [0, 0.05) is 45.0 Å². The van der Waals surface area contributed by atoms with Crippen molar-refractivity contribution in [1.29, 1.82) is 0 Å². The van der Waals surface area contributed by atoms with Crippen LogP contribution in [-0.2, 0) is 0 Å². The third kappa shape index (κ3) is 2.60. The molecule has 3 aromatic heterocycles. The number of rotatable bonds is 2. The second kappa shape index (κ2) is 7.30. The van der Waals surface area contributed by atoms with Crippen LogP contribution in [0.15, 0.2) is 128 Å². The lowest BCUT2D eigenvalue weighted by Crippen LogP contribution is -1.96. The molecule has 168 valence electrons. The van der Waals surface area contributed by atoms with Crippen molar-refractivity contribution in [3.63, 3.8) is 0 Å². The van der Waals surface area contributed by atoms with Crippen molar-refractivity contribution in [2.45, 2.75) is 0 Å². The standard InChI is InChI=1S/C33H21N3/c1-2-9-23(10-3-1)35-19-18-26-25-14-17-31-33(27(25)15-16-29(26)35)28-12-6-7-13-30(28)36(31)32-21-34-20-22-8-4-5-11-24(22)32/h1-21H. The molecule has 3 heteroatoms. The molecule has 0 N–H and O–H groups in total. The van der Waals surface area contributed by atoms with Crippen molar-refractivity contribution in [1.82, 2.24) is 14.1 Å². The molecule has 0 aliphatic rings. The second-order valence-electron chi connectivity index (χ2n) is 9.31. The molecule has 0 fully saturated rings. The third-order valence-corrected chi connectivity index (χ3v) is 7.42. The average molecular weight is 460 g/mol. The Bertz CT molecular complexity index is 2090. The van der Waals surface area contributed by atoms with Gasteiger partial charge in [0.05, 0.1) is 28.4 Å². The summed E-state index contributed by atoms with van der Waals surface area (Å²) < 4.78 is 4.64. The third-order valence-electron chi connectivity index (χ3n) is 7.42. The Balaban J connectivity index is 1.49. The molecule has 8 rings (SSSR count). The van der Waals surface area contributed by atoms with Crippen LogP contribution < -0.4 is 0 Å². The van der Waals surface area contributed by atoms with Gasteiger partial charge in [0.2, 0.25) is 0 Å². The highest BCUT2D eigenvalue weighted by molar-refractivity contribution is 6.25. The summed E-state index contributed by atoms with van der Waals surface area (Å²) in [6.07, 6.45) is 6.10. The summed E-state index contributed by atoms with van der Waals surface area (Å²) in [5.74, 6) is 0. The van der Waals surface area contributed by atoms with Crippen LogP contribution in [0.4, 0.5) is 0 Å². The largest absolute Gasteiger partial charge is 0.317 e. The Hall–Kier alpha value is -4.89. The molecule has 0 saturated heterocycles. The lowest BCUT2D eigenvalue weighted by molar-refractivity contribution is 1.13.